The Hall–Kier alpha value is -3.47. The van der Waals surface area contributed by atoms with Gasteiger partial charge in [0.2, 0.25) is 0 Å². The summed E-state index contributed by atoms with van der Waals surface area (Å²) >= 11 is 0. The van der Waals surface area contributed by atoms with Crippen LogP contribution in [0.2, 0.25) is 0 Å². The number of aryl methyl sites for hydroxylation is 3. The lowest BCUT2D eigenvalue weighted by molar-refractivity contribution is 0.283. The van der Waals surface area contributed by atoms with Crippen LogP contribution in [0.1, 0.15) is 29.8 Å². The van der Waals surface area contributed by atoms with E-state index in [1.165, 1.54) is 11.1 Å². The Labute approximate surface area is 189 Å². The van der Waals surface area contributed by atoms with E-state index in [0.29, 0.717) is 13.2 Å². The SMILES string of the molecule is COc1cccc(OCc2nc3ccccc3n2CCCCOc2c(C)cccc2C)c1. The van der Waals surface area contributed by atoms with Gasteiger partial charge in [0.25, 0.3) is 0 Å². The number of methoxy groups -OCH3 is 1. The number of unbranched alkanes of at least 4 members (excludes halogenated alkanes) is 1. The number of para-hydroxylation sites is 3. The van der Waals surface area contributed by atoms with Gasteiger partial charge in [-0.3, -0.25) is 0 Å². The average Bonchev–Trinajstić information content (AvgIpc) is 3.17. The summed E-state index contributed by atoms with van der Waals surface area (Å²) in [4.78, 5) is 4.82. The lowest BCUT2D eigenvalue weighted by Crippen LogP contribution is -2.09. The van der Waals surface area contributed by atoms with Crippen molar-refractivity contribution in [1.29, 1.82) is 0 Å². The van der Waals surface area contributed by atoms with Crippen molar-refractivity contribution in [2.24, 2.45) is 0 Å². The smallest absolute Gasteiger partial charge is 0.147 e. The summed E-state index contributed by atoms with van der Waals surface area (Å²) in [5.41, 5.74) is 4.49. The highest BCUT2D eigenvalue weighted by atomic mass is 16.5. The first kappa shape index (κ1) is 21.8. The van der Waals surface area contributed by atoms with E-state index in [4.69, 9.17) is 19.2 Å². The van der Waals surface area contributed by atoms with Crippen LogP contribution >= 0.6 is 0 Å². The molecular weight excluding hydrogens is 400 g/mol. The molecule has 4 rings (SSSR count). The van der Waals surface area contributed by atoms with E-state index < -0.39 is 0 Å². The van der Waals surface area contributed by atoms with E-state index in [1.807, 2.05) is 36.4 Å². The average molecular weight is 431 g/mol. The van der Waals surface area contributed by atoms with Crippen molar-refractivity contribution in [3.05, 3.63) is 83.7 Å². The minimum atomic E-state index is 0.404. The van der Waals surface area contributed by atoms with Crippen molar-refractivity contribution >= 4 is 11.0 Å². The standard InChI is InChI=1S/C27H30N2O3/c1-20-10-8-11-21(2)27(20)31-17-7-6-16-29-25-15-5-4-14-24(25)28-26(29)19-32-23-13-9-12-22(18-23)30-3/h4-5,8-15,18H,6-7,16-17,19H2,1-3H3. The zero-order valence-corrected chi connectivity index (χ0v) is 19.0. The molecule has 0 aliphatic carbocycles. The van der Waals surface area contributed by atoms with Crippen molar-refractivity contribution in [3.8, 4) is 17.2 Å². The van der Waals surface area contributed by atoms with Crippen LogP contribution in [0.15, 0.2) is 66.7 Å². The molecule has 0 saturated heterocycles. The number of imidazole rings is 1. The number of nitrogens with zero attached hydrogens (tertiary/aromatic N) is 2. The monoisotopic (exact) mass is 430 g/mol. The van der Waals surface area contributed by atoms with E-state index in [9.17, 15) is 0 Å². The lowest BCUT2D eigenvalue weighted by Gasteiger charge is -2.13. The number of hydrogen-bond acceptors (Lipinski definition) is 4. The number of hydrogen-bond donors (Lipinski definition) is 0. The van der Waals surface area contributed by atoms with Gasteiger partial charge < -0.3 is 18.8 Å². The maximum Gasteiger partial charge on any atom is 0.147 e. The first-order chi connectivity index (χ1) is 15.7. The van der Waals surface area contributed by atoms with Crippen LogP contribution in [-0.4, -0.2) is 23.3 Å². The predicted octanol–water partition coefficient (Wildman–Crippen LogP) is 6.10. The second kappa shape index (κ2) is 10.2. The van der Waals surface area contributed by atoms with Crippen LogP contribution in [-0.2, 0) is 13.2 Å². The van der Waals surface area contributed by atoms with Crippen molar-refractivity contribution in [2.75, 3.05) is 13.7 Å². The van der Waals surface area contributed by atoms with Crippen molar-refractivity contribution in [2.45, 2.75) is 39.8 Å². The minimum Gasteiger partial charge on any atom is -0.497 e. The molecule has 0 bridgehead atoms. The fourth-order valence-corrected chi connectivity index (χ4v) is 3.90. The Kier molecular flexibility index (Phi) is 6.95. The third-order valence-electron chi connectivity index (χ3n) is 5.57. The molecule has 1 aromatic heterocycles. The van der Waals surface area contributed by atoms with Gasteiger partial charge in [0.05, 0.1) is 24.8 Å². The van der Waals surface area contributed by atoms with Crippen molar-refractivity contribution in [3.63, 3.8) is 0 Å². The molecule has 0 radical (unpaired) electrons. The maximum atomic E-state index is 6.07. The number of benzene rings is 3. The molecule has 0 N–H and O–H groups in total. The van der Waals surface area contributed by atoms with E-state index >= 15 is 0 Å². The van der Waals surface area contributed by atoms with Crippen LogP contribution in [0, 0.1) is 13.8 Å². The molecular formula is C27H30N2O3. The molecule has 166 valence electrons. The number of ether oxygens (including phenoxy) is 3. The summed E-state index contributed by atoms with van der Waals surface area (Å²) in [6, 6.07) is 22.1. The highest BCUT2D eigenvalue weighted by Crippen LogP contribution is 2.24. The Bertz CT molecular complexity index is 1160. The van der Waals surface area contributed by atoms with Gasteiger partial charge in [-0.15, -0.1) is 0 Å². The third kappa shape index (κ3) is 5.05. The topological polar surface area (TPSA) is 45.5 Å². The zero-order valence-electron chi connectivity index (χ0n) is 19.0. The van der Waals surface area contributed by atoms with E-state index in [-0.39, 0.29) is 0 Å². The second-order valence-corrected chi connectivity index (χ2v) is 7.91. The van der Waals surface area contributed by atoms with Gasteiger partial charge in [-0.2, -0.15) is 0 Å². The van der Waals surface area contributed by atoms with Crippen molar-refractivity contribution < 1.29 is 14.2 Å². The summed E-state index contributed by atoms with van der Waals surface area (Å²) in [5, 5.41) is 0. The molecule has 0 atom stereocenters. The summed E-state index contributed by atoms with van der Waals surface area (Å²) in [7, 11) is 1.66. The Morgan fingerprint density at radius 1 is 0.812 bits per heavy atom. The van der Waals surface area contributed by atoms with E-state index in [2.05, 4.69) is 48.7 Å². The fourth-order valence-electron chi connectivity index (χ4n) is 3.90. The van der Waals surface area contributed by atoms with Gasteiger partial charge in [0.15, 0.2) is 0 Å². The summed E-state index contributed by atoms with van der Waals surface area (Å²) in [5.74, 6) is 3.47. The first-order valence-corrected chi connectivity index (χ1v) is 11.1. The third-order valence-corrected chi connectivity index (χ3v) is 5.57. The number of aromatic nitrogens is 2. The Balaban J connectivity index is 1.40. The normalized spacial score (nSPS) is 11.0. The van der Waals surface area contributed by atoms with Gasteiger partial charge in [-0.1, -0.05) is 36.4 Å². The van der Waals surface area contributed by atoms with Crippen LogP contribution in [0.5, 0.6) is 17.2 Å². The highest BCUT2D eigenvalue weighted by molar-refractivity contribution is 5.75. The quantitative estimate of drug-likeness (QED) is 0.285. The molecule has 3 aromatic carbocycles. The van der Waals surface area contributed by atoms with Gasteiger partial charge >= 0.3 is 0 Å². The van der Waals surface area contributed by atoms with Crippen LogP contribution < -0.4 is 14.2 Å². The molecule has 32 heavy (non-hydrogen) atoms. The van der Waals surface area contributed by atoms with Crippen LogP contribution in [0.3, 0.4) is 0 Å². The van der Waals surface area contributed by atoms with E-state index in [1.54, 1.807) is 7.11 Å². The fraction of sp³-hybridized carbons (Fsp3) is 0.296. The summed E-state index contributed by atoms with van der Waals surface area (Å²) < 4.78 is 19.6. The molecule has 0 saturated carbocycles. The van der Waals surface area contributed by atoms with E-state index in [0.717, 1.165) is 53.5 Å². The molecule has 5 heteroatoms. The number of rotatable bonds is 10. The van der Waals surface area contributed by atoms with Crippen molar-refractivity contribution in [1.82, 2.24) is 9.55 Å². The lowest BCUT2D eigenvalue weighted by atomic mass is 10.1. The molecule has 0 fully saturated rings. The van der Waals surface area contributed by atoms with Gasteiger partial charge in [-0.25, -0.2) is 4.98 Å². The predicted molar refractivity (Wildman–Crippen MR) is 128 cm³/mol. The number of fused-ring (bicyclic) bond motifs is 1. The van der Waals surface area contributed by atoms with Gasteiger partial charge in [0.1, 0.15) is 29.7 Å². The highest BCUT2D eigenvalue weighted by Gasteiger charge is 2.11. The molecule has 0 amide bonds. The first-order valence-electron chi connectivity index (χ1n) is 11.1. The molecule has 4 aromatic rings. The molecule has 1 heterocycles. The van der Waals surface area contributed by atoms with Crippen LogP contribution in [0.4, 0.5) is 0 Å². The van der Waals surface area contributed by atoms with Gasteiger partial charge in [-0.05, 0) is 62.1 Å². The molecule has 5 nitrogen and oxygen atoms in total. The summed E-state index contributed by atoms with van der Waals surface area (Å²) in [6.07, 6.45) is 1.97. The Morgan fingerprint density at radius 3 is 2.38 bits per heavy atom. The zero-order chi connectivity index (χ0) is 22.3. The molecule has 0 aliphatic rings. The summed E-state index contributed by atoms with van der Waals surface area (Å²) in [6.45, 7) is 6.16. The Morgan fingerprint density at radius 2 is 1.56 bits per heavy atom. The molecule has 0 unspecified atom stereocenters. The molecule has 0 aliphatic heterocycles. The molecule has 0 spiro atoms. The minimum absolute atomic E-state index is 0.404. The maximum absolute atomic E-state index is 6.07. The van der Waals surface area contributed by atoms with Crippen LogP contribution in [0.25, 0.3) is 11.0 Å². The second-order valence-electron chi connectivity index (χ2n) is 7.91. The largest absolute Gasteiger partial charge is 0.497 e. The van der Waals surface area contributed by atoms with Gasteiger partial charge in [0, 0.05) is 12.6 Å².